The Bertz CT molecular complexity index is 199. The second kappa shape index (κ2) is 6.21. The zero-order chi connectivity index (χ0) is 6.57. The van der Waals surface area contributed by atoms with Gasteiger partial charge in [-0.15, -0.1) is 0 Å². The molecule has 0 radical (unpaired) electrons. The quantitative estimate of drug-likeness (QED) is 0.499. The van der Waals surface area contributed by atoms with E-state index in [1.807, 2.05) is 0 Å². The molecule has 0 aliphatic heterocycles. The molecule has 1 N–H and O–H groups in total. The predicted octanol–water partition coefficient (Wildman–Crippen LogP) is -1.51. The monoisotopic (exact) mass is 161 g/mol. The number of nitrogens with zero attached hydrogens (tertiary/aromatic N) is 1. The van der Waals surface area contributed by atoms with Crippen LogP contribution in [0.4, 0.5) is 0 Å². The van der Waals surface area contributed by atoms with E-state index >= 15 is 0 Å². The molecular formula is C2H4NNaO4S. The summed E-state index contributed by atoms with van der Waals surface area (Å²) in [5.74, 6) is -1.26. The average molecular weight is 161 g/mol. The minimum atomic E-state index is -2.59. The van der Waals surface area contributed by atoms with Crippen LogP contribution < -0.4 is 0 Å². The maximum absolute atomic E-state index is 9.54. The average Bonchev–Trinajstić information content (AvgIpc) is 1.61. The van der Waals surface area contributed by atoms with E-state index in [0.29, 0.717) is 0 Å². The first-order valence-electron chi connectivity index (χ1n) is 1.61. The van der Waals surface area contributed by atoms with E-state index in [2.05, 4.69) is 4.36 Å². The topological polar surface area (TPSA) is 83.8 Å². The van der Waals surface area contributed by atoms with Crippen molar-refractivity contribution in [2.24, 2.45) is 4.36 Å². The van der Waals surface area contributed by atoms with Crippen molar-refractivity contribution < 1.29 is 18.3 Å². The van der Waals surface area contributed by atoms with Gasteiger partial charge in [0.2, 0.25) is 0 Å². The van der Waals surface area contributed by atoms with Crippen LogP contribution in [0.25, 0.3) is 0 Å². The van der Waals surface area contributed by atoms with Crippen LogP contribution in [0.15, 0.2) is 4.36 Å². The molecule has 0 aromatic heterocycles. The molecule has 0 aromatic carbocycles. The molecule has 0 fully saturated rings. The van der Waals surface area contributed by atoms with Gasteiger partial charge in [0.25, 0.3) is 0 Å². The minimum absolute atomic E-state index is 0. The van der Waals surface area contributed by atoms with Gasteiger partial charge >= 0.3 is 46.0 Å². The van der Waals surface area contributed by atoms with Crippen LogP contribution in [-0.4, -0.2) is 55.6 Å². The van der Waals surface area contributed by atoms with E-state index in [4.69, 9.17) is 5.11 Å². The second-order valence-electron chi connectivity index (χ2n) is 0.898. The molecule has 0 spiro atoms. The molecule has 0 saturated carbocycles. The summed E-state index contributed by atoms with van der Waals surface area (Å²) < 4.78 is 21.6. The molecule has 0 unspecified atom stereocenters. The molecule has 9 heavy (non-hydrogen) atoms. The molecule has 0 rings (SSSR count). The first-order valence-corrected chi connectivity index (χ1v) is 2.65. The van der Waals surface area contributed by atoms with Gasteiger partial charge < -0.3 is 5.11 Å². The summed E-state index contributed by atoms with van der Waals surface area (Å²) in [7, 11) is -2.59. The zero-order valence-corrected chi connectivity index (χ0v) is 4.55. The van der Waals surface area contributed by atoms with Gasteiger partial charge in [0, 0.05) is 0 Å². The van der Waals surface area contributed by atoms with Crippen LogP contribution in [0.5, 0.6) is 0 Å². The first-order chi connectivity index (χ1) is 3.63. The number of carbonyl (C=O) groups is 1. The van der Waals surface area contributed by atoms with E-state index in [1.54, 1.807) is 0 Å². The summed E-state index contributed by atoms with van der Waals surface area (Å²) in [6.45, 7) is -0.684. The molecule has 0 heterocycles. The summed E-state index contributed by atoms with van der Waals surface area (Å²) in [5.41, 5.74) is 0. The van der Waals surface area contributed by atoms with Gasteiger partial charge in [0.05, 0.1) is 0 Å². The Hall–Kier alpha value is 0.0900. The third kappa shape index (κ3) is 11.6. The Morgan fingerprint density at radius 2 is 2.00 bits per heavy atom. The van der Waals surface area contributed by atoms with Gasteiger partial charge in [-0.3, -0.25) is 4.79 Å². The number of rotatable bonds is 2. The Morgan fingerprint density at radius 1 is 1.56 bits per heavy atom. The van der Waals surface area contributed by atoms with Crippen molar-refractivity contribution in [3.63, 3.8) is 0 Å². The van der Waals surface area contributed by atoms with Crippen LogP contribution in [0.3, 0.4) is 0 Å². The fourth-order valence-electron chi connectivity index (χ4n) is 0.108. The summed E-state index contributed by atoms with van der Waals surface area (Å²) in [4.78, 5) is 9.54. The van der Waals surface area contributed by atoms with E-state index in [-0.39, 0.29) is 29.6 Å². The molecule has 0 aliphatic carbocycles. The second-order valence-corrected chi connectivity index (χ2v) is 1.59. The fraction of sp³-hybridized carbons (Fsp3) is 0.500. The van der Waals surface area contributed by atoms with Crippen molar-refractivity contribution in [2.45, 2.75) is 0 Å². The van der Waals surface area contributed by atoms with Gasteiger partial charge in [-0.1, -0.05) is 0 Å². The van der Waals surface area contributed by atoms with Gasteiger partial charge in [0.1, 0.15) is 0 Å². The van der Waals surface area contributed by atoms with Crippen molar-refractivity contribution in [3.8, 4) is 0 Å². The predicted molar refractivity (Wildman–Crippen MR) is 31.0 cm³/mol. The Morgan fingerprint density at radius 3 is 2.11 bits per heavy atom. The van der Waals surface area contributed by atoms with E-state index in [0.717, 1.165) is 0 Å². The SMILES string of the molecule is O=C(O)CN=S(=O)=O.[NaH]. The Balaban J connectivity index is 0. The summed E-state index contributed by atoms with van der Waals surface area (Å²) in [5, 5.41) is 7.80. The van der Waals surface area contributed by atoms with Crippen molar-refractivity contribution in [2.75, 3.05) is 6.54 Å². The third-order valence-electron chi connectivity index (χ3n) is 0.305. The van der Waals surface area contributed by atoms with Gasteiger partial charge in [-0.25, -0.2) is 0 Å². The summed E-state index contributed by atoms with van der Waals surface area (Å²) >= 11 is 0. The maximum atomic E-state index is 9.54. The van der Waals surface area contributed by atoms with E-state index in [9.17, 15) is 13.2 Å². The normalized spacial score (nSPS) is 7.11. The van der Waals surface area contributed by atoms with Gasteiger partial charge in [-0.05, 0) is 0 Å². The van der Waals surface area contributed by atoms with E-state index in [1.165, 1.54) is 0 Å². The molecule has 0 aliphatic rings. The Labute approximate surface area is 75.1 Å². The zero-order valence-electron chi connectivity index (χ0n) is 3.73. The van der Waals surface area contributed by atoms with Gasteiger partial charge in [-0.2, -0.15) is 12.8 Å². The van der Waals surface area contributed by atoms with Crippen molar-refractivity contribution >= 4 is 46.0 Å². The number of carboxylic acids is 1. The number of aliphatic carboxylic acids is 1. The molecule has 0 saturated heterocycles. The summed E-state index contributed by atoms with van der Waals surface area (Å²) in [6, 6.07) is 0. The van der Waals surface area contributed by atoms with E-state index < -0.39 is 23.0 Å². The van der Waals surface area contributed by atoms with Gasteiger partial charge in [0.15, 0.2) is 6.54 Å². The van der Waals surface area contributed by atoms with Crippen LogP contribution >= 0.6 is 0 Å². The number of hydrogen-bond donors (Lipinski definition) is 1. The molecule has 5 nitrogen and oxygen atoms in total. The first kappa shape index (κ1) is 11.8. The molecule has 48 valence electrons. The molecule has 0 aromatic rings. The number of carboxylic acid groups (broad SMARTS) is 1. The fourth-order valence-corrected chi connectivity index (χ4v) is 0.324. The molecular weight excluding hydrogens is 157 g/mol. The van der Waals surface area contributed by atoms with Crippen LogP contribution in [0.1, 0.15) is 0 Å². The van der Waals surface area contributed by atoms with Crippen LogP contribution in [-0.2, 0) is 15.3 Å². The third-order valence-corrected chi connectivity index (χ3v) is 0.645. The van der Waals surface area contributed by atoms with Crippen LogP contribution in [0.2, 0.25) is 0 Å². The molecule has 7 heteroatoms. The van der Waals surface area contributed by atoms with Crippen molar-refractivity contribution in [3.05, 3.63) is 0 Å². The van der Waals surface area contributed by atoms with Crippen molar-refractivity contribution in [1.82, 2.24) is 0 Å². The van der Waals surface area contributed by atoms with Crippen LogP contribution in [0, 0.1) is 0 Å². The summed E-state index contributed by atoms with van der Waals surface area (Å²) in [6.07, 6.45) is 0. The number of hydrogen-bond acceptors (Lipinski definition) is 4. The van der Waals surface area contributed by atoms with Crippen molar-refractivity contribution in [1.29, 1.82) is 0 Å². The Kier molecular flexibility index (Phi) is 8.17. The standard InChI is InChI=1S/C2H3NO4S.Na.H/c4-2(5)1-3-8(6)7;;/h1H2,(H,4,5);;. The molecule has 0 bridgehead atoms. The molecule has 0 amide bonds. The molecule has 0 atom stereocenters.